The summed E-state index contributed by atoms with van der Waals surface area (Å²) in [7, 11) is 0. The van der Waals surface area contributed by atoms with Gasteiger partial charge in [0.15, 0.2) is 0 Å². The minimum atomic E-state index is 1.16. The fourth-order valence-electron chi connectivity index (χ4n) is 5.09. The molecule has 0 bridgehead atoms. The van der Waals surface area contributed by atoms with Gasteiger partial charge in [0, 0.05) is 33.4 Å². The molecule has 0 radical (unpaired) electrons. The lowest BCUT2D eigenvalue weighted by Gasteiger charge is -2.04. The molecule has 3 heterocycles. The zero-order valence-corrected chi connectivity index (χ0v) is 17.4. The van der Waals surface area contributed by atoms with Crippen LogP contribution in [0.4, 0.5) is 0 Å². The van der Waals surface area contributed by atoms with Gasteiger partial charge in [-0.15, -0.1) is 0 Å². The molecular weight excluding hydrogens is 388 g/mol. The number of benzene rings is 4. The maximum absolute atomic E-state index is 3.75. The molecular formula is C30H20N2. The molecule has 7 rings (SSSR count). The van der Waals surface area contributed by atoms with Gasteiger partial charge in [-0.3, -0.25) is 0 Å². The summed E-state index contributed by atoms with van der Waals surface area (Å²) in [5.41, 5.74) is 9.80. The number of nitrogens with one attached hydrogen (secondary N) is 1. The highest BCUT2D eigenvalue weighted by Crippen LogP contribution is 2.40. The molecule has 4 aromatic carbocycles. The van der Waals surface area contributed by atoms with Crippen LogP contribution in [0.25, 0.3) is 60.5 Å². The van der Waals surface area contributed by atoms with Crippen LogP contribution in [0.2, 0.25) is 0 Å². The second kappa shape index (κ2) is 6.60. The third kappa shape index (κ3) is 2.41. The molecule has 0 atom stereocenters. The van der Waals surface area contributed by atoms with Crippen molar-refractivity contribution < 1.29 is 0 Å². The molecule has 1 N–H and O–H groups in total. The number of hydrogen-bond donors (Lipinski definition) is 1. The summed E-state index contributed by atoms with van der Waals surface area (Å²) in [6, 6.07) is 39.0. The van der Waals surface area contributed by atoms with Crippen molar-refractivity contribution in [1.82, 2.24) is 9.38 Å². The number of fused-ring (bicyclic) bond motifs is 7. The van der Waals surface area contributed by atoms with Crippen molar-refractivity contribution in [2.75, 3.05) is 0 Å². The molecule has 0 aliphatic heterocycles. The maximum Gasteiger partial charge on any atom is 0.0784 e. The Balaban J connectivity index is 1.62. The highest BCUT2D eigenvalue weighted by Gasteiger charge is 2.18. The van der Waals surface area contributed by atoms with Gasteiger partial charge in [0.05, 0.1) is 16.6 Å². The van der Waals surface area contributed by atoms with Crippen LogP contribution in [-0.2, 0) is 0 Å². The number of hydrogen-bond acceptors (Lipinski definition) is 0. The lowest BCUT2D eigenvalue weighted by molar-refractivity contribution is 1.27. The van der Waals surface area contributed by atoms with Crippen LogP contribution in [0.5, 0.6) is 0 Å². The van der Waals surface area contributed by atoms with Crippen molar-refractivity contribution in [3.8, 4) is 22.3 Å². The molecule has 32 heavy (non-hydrogen) atoms. The van der Waals surface area contributed by atoms with Crippen LogP contribution in [-0.4, -0.2) is 9.38 Å². The number of rotatable bonds is 2. The van der Waals surface area contributed by atoms with Gasteiger partial charge in [-0.05, 0) is 41.0 Å². The molecule has 0 saturated carbocycles. The average Bonchev–Trinajstić information content (AvgIpc) is 3.40. The third-order valence-corrected chi connectivity index (χ3v) is 6.55. The normalized spacial score (nSPS) is 11.8. The highest BCUT2D eigenvalue weighted by molar-refractivity contribution is 6.19. The van der Waals surface area contributed by atoms with E-state index in [-0.39, 0.29) is 0 Å². The van der Waals surface area contributed by atoms with Gasteiger partial charge in [0.2, 0.25) is 0 Å². The number of pyridine rings is 1. The Morgan fingerprint density at radius 1 is 0.531 bits per heavy atom. The molecule has 0 saturated heterocycles. The lowest BCUT2D eigenvalue weighted by Crippen LogP contribution is -1.85. The standard InChI is InChI=1S/C30H20N2/c1-3-9-20(10-4-1)22-15-16-26-25(19-22)23-17-18-32-27-14-8-7-13-24(27)28(30(32)29(23)31-26)21-11-5-2-6-12-21/h1-19,31H. The topological polar surface area (TPSA) is 20.2 Å². The van der Waals surface area contributed by atoms with Gasteiger partial charge >= 0.3 is 0 Å². The first-order valence-corrected chi connectivity index (χ1v) is 11.0. The van der Waals surface area contributed by atoms with Gasteiger partial charge in [0.25, 0.3) is 0 Å². The monoisotopic (exact) mass is 408 g/mol. The fourth-order valence-corrected chi connectivity index (χ4v) is 5.09. The van der Waals surface area contributed by atoms with Crippen LogP contribution in [0.15, 0.2) is 115 Å². The second-order valence-corrected chi connectivity index (χ2v) is 8.33. The van der Waals surface area contributed by atoms with E-state index in [4.69, 9.17) is 0 Å². The first-order chi connectivity index (χ1) is 15.9. The first-order valence-electron chi connectivity index (χ1n) is 11.0. The van der Waals surface area contributed by atoms with Crippen molar-refractivity contribution in [3.63, 3.8) is 0 Å². The van der Waals surface area contributed by atoms with Crippen molar-refractivity contribution >= 4 is 38.2 Å². The van der Waals surface area contributed by atoms with E-state index in [0.29, 0.717) is 0 Å². The smallest absolute Gasteiger partial charge is 0.0784 e. The first kappa shape index (κ1) is 17.4. The molecule has 0 spiro atoms. The molecule has 0 fully saturated rings. The zero-order valence-electron chi connectivity index (χ0n) is 17.4. The van der Waals surface area contributed by atoms with E-state index in [0.717, 1.165) is 5.52 Å². The molecule has 7 aromatic rings. The van der Waals surface area contributed by atoms with Gasteiger partial charge in [-0.2, -0.15) is 0 Å². The molecule has 150 valence electrons. The molecule has 2 nitrogen and oxygen atoms in total. The Morgan fingerprint density at radius 3 is 2.06 bits per heavy atom. The number of aromatic nitrogens is 2. The minimum absolute atomic E-state index is 1.16. The SMILES string of the molecule is c1ccc(-c2ccc3[nH]c4c(ccn5c6ccccc6c(-c6ccccc6)c45)c3c2)cc1. The predicted molar refractivity (Wildman–Crippen MR) is 135 cm³/mol. The van der Waals surface area contributed by atoms with Crippen molar-refractivity contribution in [1.29, 1.82) is 0 Å². The van der Waals surface area contributed by atoms with Crippen LogP contribution < -0.4 is 0 Å². The maximum atomic E-state index is 3.75. The van der Waals surface area contributed by atoms with Crippen molar-refractivity contribution in [2.45, 2.75) is 0 Å². The van der Waals surface area contributed by atoms with E-state index < -0.39 is 0 Å². The summed E-state index contributed by atoms with van der Waals surface area (Å²) in [5.74, 6) is 0. The fraction of sp³-hybridized carbons (Fsp3) is 0. The largest absolute Gasteiger partial charge is 0.353 e. The third-order valence-electron chi connectivity index (χ3n) is 6.55. The summed E-state index contributed by atoms with van der Waals surface area (Å²) in [6.07, 6.45) is 2.22. The van der Waals surface area contributed by atoms with Gasteiger partial charge < -0.3 is 9.38 Å². The Kier molecular flexibility index (Phi) is 3.58. The number of aromatic amines is 1. The van der Waals surface area contributed by atoms with E-state index in [9.17, 15) is 0 Å². The summed E-state index contributed by atoms with van der Waals surface area (Å²) in [6.45, 7) is 0. The molecule has 0 amide bonds. The van der Waals surface area contributed by atoms with Gasteiger partial charge in [0.1, 0.15) is 0 Å². The van der Waals surface area contributed by atoms with E-state index in [1.165, 1.54) is 55.0 Å². The quantitative estimate of drug-likeness (QED) is 0.298. The van der Waals surface area contributed by atoms with Crippen LogP contribution in [0.1, 0.15) is 0 Å². The zero-order chi connectivity index (χ0) is 21.1. The summed E-state index contributed by atoms with van der Waals surface area (Å²) >= 11 is 0. The van der Waals surface area contributed by atoms with Crippen molar-refractivity contribution in [3.05, 3.63) is 115 Å². The van der Waals surface area contributed by atoms with Crippen LogP contribution in [0.3, 0.4) is 0 Å². The summed E-state index contributed by atoms with van der Waals surface area (Å²) < 4.78 is 2.33. The van der Waals surface area contributed by atoms with E-state index in [2.05, 4.69) is 125 Å². The molecule has 0 aliphatic rings. The van der Waals surface area contributed by atoms with E-state index >= 15 is 0 Å². The number of para-hydroxylation sites is 1. The Bertz CT molecular complexity index is 1750. The second-order valence-electron chi connectivity index (χ2n) is 8.33. The highest BCUT2D eigenvalue weighted by atomic mass is 14.9. The lowest BCUT2D eigenvalue weighted by atomic mass is 10.0. The van der Waals surface area contributed by atoms with E-state index in [1.54, 1.807) is 0 Å². The summed E-state index contributed by atoms with van der Waals surface area (Å²) in [4.78, 5) is 3.75. The Morgan fingerprint density at radius 2 is 1.25 bits per heavy atom. The van der Waals surface area contributed by atoms with E-state index in [1.807, 2.05) is 0 Å². The Labute approximate surface area is 185 Å². The molecule has 0 unspecified atom stereocenters. The number of H-pyrrole nitrogens is 1. The van der Waals surface area contributed by atoms with Crippen LogP contribution >= 0.6 is 0 Å². The number of nitrogens with zero attached hydrogens (tertiary/aromatic N) is 1. The molecule has 0 aliphatic carbocycles. The minimum Gasteiger partial charge on any atom is -0.353 e. The van der Waals surface area contributed by atoms with Crippen molar-refractivity contribution in [2.24, 2.45) is 0 Å². The molecule has 2 heteroatoms. The average molecular weight is 409 g/mol. The van der Waals surface area contributed by atoms with Gasteiger partial charge in [-0.25, -0.2) is 0 Å². The van der Waals surface area contributed by atoms with Crippen LogP contribution in [0, 0.1) is 0 Å². The molecule has 3 aromatic heterocycles. The predicted octanol–water partition coefficient (Wildman–Crippen LogP) is 8.06. The Hall–Kier alpha value is -4.30. The summed E-state index contributed by atoms with van der Waals surface area (Å²) in [5, 5.41) is 3.79. The van der Waals surface area contributed by atoms with Gasteiger partial charge in [-0.1, -0.05) is 84.9 Å².